The van der Waals surface area contributed by atoms with Gasteiger partial charge in [-0.15, -0.1) is 12.4 Å². The summed E-state index contributed by atoms with van der Waals surface area (Å²) in [7, 11) is 0. The zero-order chi connectivity index (χ0) is 20.9. The van der Waals surface area contributed by atoms with E-state index in [1.165, 1.54) is 49.3 Å². The van der Waals surface area contributed by atoms with Crippen molar-refractivity contribution in [3.8, 4) is 0 Å². The molecule has 1 aliphatic heterocycles. The van der Waals surface area contributed by atoms with E-state index in [9.17, 15) is 4.79 Å². The van der Waals surface area contributed by atoms with Gasteiger partial charge in [0.1, 0.15) is 0 Å². The molecule has 4 aliphatic carbocycles. The van der Waals surface area contributed by atoms with E-state index >= 15 is 0 Å². The molecule has 31 heavy (non-hydrogen) atoms. The average molecular weight is 462 g/mol. The quantitative estimate of drug-likeness (QED) is 0.594. The first kappa shape index (κ1) is 23.0. The van der Waals surface area contributed by atoms with Gasteiger partial charge in [0, 0.05) is 29.9 Å². The summed E-state index contributed by atoms with van der Waals surface area (Å²) in [6, 6.07) is 8.64. The molecule has 4 nitrogen and oxygen atoms in total. The van der Waals surface area contributed by atoms with Crippen molar-refractivity contribution >= 4 is 40.9 Å². The molecule has 1 unspecified atom stereocenters. The van der Waals surface area contributed by atoms with E-state index in [1.54, 1.807) is 0 Å². The van der Waals surface area contributed by atoms with Crippen molar-refractivity contribution < 1.29 is 4.79 Å². The first-order chi connectivity index (χ1) is 14.4. The normalized spacial score (nSPS) is 35.0. The first-order valence-corrected chi connectivity index (χ1v) is 12.8. The molecule has 4 saturated carbocycles. The van der Waals surface area contributed by atoms with E-state index < -0.39 is 0 Å². The largest absolute Gasteiger partial charge is 0.345 e. The number of benzene rings is 1. The number of anilines is 1. The number of hydrogen-bond donors (Lipinski definition) is 1. The molecule has 1 amide bonds. The fourth-order valence-electron chi connectivity index (χ4n) is 6.84. The third kappa shape index (κ3) is 4.78. The smallest absolute Gasteiger partial charge is 0.226 e. The highest BCUT2D eigenvalue weighted by atomic mass is 35.5. The summed E-state index contributed by atoms with van der Waals surface area (Å²) in [4.78, 5) is 20.7. The topological polar surface area (TPSA) is 44.7 Å². The lowest BCUT2D eigenvalue weighted by Crippen LogP contribution is -2.50. The molecule has 170 valence electrons. The number of hydrogen-bond acceptors (Lipinski definition) is 3. The van der Waals surface area contributed by atoms with Crippen LogP contribution in [0.3, 0.4) is 0 Å². The summed E-state index contributed by atoms with van der Waals surface area (Å²) in [6.07, 6.45) is 8.78. The Kier molecular flexibility index (Phi) is 6.65. The van der Waals surface area contributed by atoms with Crippen LogP contribution in [0.5, 0.6) is 0 Å². The molecule has 4 bridgehead atoms. The second-order valence-corrected chi connectivity index (χ2v) is 11.6. The fourth-order valence-corrected chi connectivity index (χ4v) is 8.23. The van der Waals surface area contributed by atoms with Crippen LogP contribution in [0.4, 0.5) is 5.69 Å². The molecule has 1 N–H and O–H groups in total. The molecule has 6 rings (SSSR count). The Labute approximate surface area is 197 Å². The minimum absolute atomic E-state index is 0. The molecule has 1 aromatic carbocycles. The van der Waals surface area contributed by atoms with Crippen molar-refractivity contribution in [2.45, 2.75) is 83.3 Å². The van der Waals surface area contributed by atoms with Gasteiger partial charge in [0.25, 0.3) is 0 Å². The van der Waals surface area contributed by atoms with Crippen molar-refractivity contribution in [1.82, 2.24) is 4.90 Å². The van der Waals surface area contributed by atoms with Crippen molar-refractivity contribution in [3.63, 3.8) is 0 Å². The molecule has 6 heteroatoms. The van der Waals surface area contributed by atoms with Crippen molar-refractivity contribution in [2.75, 3.05) is 11.1 Å². The standard InChI is InChI=1S/C25H35N3OS.ClH/c1-16(2)28-22(11-23(29)26-21-6-4-17(3)5-7-21)15-30-24(28)27-25-12-18-8-19(13-25)10-20(9-18)14-25;/h4-7,16,18-20,22H,8-15H2,1-3H3,(H,26,29);1H/b27-24-;. The zero-order valence-corrected chi connectivity index (χ0v) is 20.6. The van der Waals surface area contributed by atoms with Gasteiger partial charge in [-0.05, 0) is 89.2 Å². The minimum Gasteiger partial charge on any atom is -0.345 e. The number of rotatable bonds is 5. The molecule has 5 fully saturated rings. The SMILES string of the molecule is Cc1ccc(NC(=O)CC2CS/C(=N\C34CC5CC(CC(C5)C3)C4)N2C(C)C)cc1.Cl. The summed E-state index contributed by atoms with van der Waals surface area (Å²) in [6.45, 7) is 6.55. The molecular formula is C25H36ClN3OS. The predicted octanol–water partition coefficient (Wildman–Crippen LogP) is 5.90. The lowest BCUT2D eigenvalue weighted by molar-refractivity contribution is -0.117. The molecular weight excluding hydrogens is 426 g/mol. The molecule has 1 heterocycles. The van der Waals surface area contributed by atoms with Crippen LogP contribution in [0.15, 0.2) is 29.3 Å². The Balaban J connectivity index is 0.00000231. The van der Waals surface area contributed by atoms with E-state index in [0.717, 1.165) is 29.2 Å². The van der Waals surface area contributed by atoms with Crippen LogP contribution in [0.25, 0.3) is 0 Å². The van der Waals surface area contributed by atoms with Gasteiger partial charge in [0.05, 0.1) is 5.54 Å². The Morgan fingerprint density at radius 1 is 1.13 bits per heavy atom. The van der Waals surface area contributed by atoms with Gasteiger partial charge in [-0.2, -0.15) is 0 Å². The number of carbonyl (C=O) groups excluding carboxylic acids is 1. The second-order valence-electron chi connectivity index (χ2n) is 10.6. The minimum atomic E-state index is 0. The van der Waals surface area contributed by atoms with Crippen LogP contribution in [0.2, 0.25) is 0 Å². The number of amidine groups is 1. The van der Waals surface area contributed by atoms with Crippen LogP contribution in [0.1, 0.15) is 64.4 Å². The van der Waals surface area contributed by atoms with E-state index in [2.05, 4.69) is 31.0 Å². The average Bonchev–Trinajstić information content (AvgIpc) is 3.04. The summed E-state index contributed by atoms with van der Waals surface area (Å²) in [5, 5.41) is 4.29. The van der Waals surface area contributed by atoms with E-state index in [-0.39, 0.29) is 29.9 Å². The van der Waals surface area contributed by atoms with E-state index in [1.807, 2.05) is 36.0 Å². The Hall–Kier alpha value is -1.20. The van der Waals surface area contributed by atoms with Gasteiger partial charge >= 0.3 is 0 Å². The lowest BCUT2D eigenvalue weighted by Gasteiger charge is -2.55. The Morgan fingerprint density at radius 2 is 1.71 bits per heavy atom. The van der Waals surface area contributed by atoms with Gasteiger partial charge in [-0.3, -0.25) is 9.79 Å². The van der Waals surface area contributed by atoms with Gasteiger partial charge in [0.2, 0.25) is 5.91 Å². The van der Waals surface area contributed by atoms with Gasteiger partial charge in [-0.25, -0.2) is 0 Å². The molecule has 5 aliphatic rings. The maximum atomic E-state index is 12.8. The molecule has 1 aromatic rings. The fraction of sp³-hybridized carbons (Fsp3) is 0.680. The van der Waals surface area contributed by atoms with Crippen molar-refractivity contribution in [2.24, 2.45) is 22.7 Å². The number of nitrogens with one attached hydrogen (secondary N) is 1. The number of aryl methyl sites for hydroxylation is 1. The van der Waals surface area contributed by atoms with Crippen LogP contribution in [-0.4, -0.2) is 39.4 Å². The van der Waals surface area contributed by atoms with Gasteiger partial charge < -0.3 is 10.2 Å². The summed E-state index contributed by atoms with van der Waals surface area (Å²) in [5.74, 6) is 3.80. The first-order valence-electron chi connectivity index (χ1n) is 11.8. The summed E-state index contributed by atoms with van der Waals surface area (Å²) >= 11 is 1.88. The number of carbonyl (C=O) groups is 1. The van der Waals surface area contributed by atoms with Gasteiger partial charge in [0.15, 0.2) is 5.17 Å². The molecule has 0 aromatic heterocycles. The number of halogens is 1. The Bertz CT molecular complexity index is 802. The third-order valence-electron chi connectivity index (χ3n) is 7.67. The van der Waals surface area contributed by atoms with Crippen molar-refractivity contribution in [3.05, 3.63) is 29.8 Å². The van der Waals surface area contributed by atoms with Crippen LogP contribution < -0.4 is 5.32 Å². The second kappa shape index (κ2) is 8.97. The molecule has 0 spiro atoms. The maximum absolute atomic E-state index is 12.8. The van der Waals surface area contributed by atoms with Crippen LogP contribution in [0, 0.1) is 24.7 Å². The highest BCUT2D eigenvalue weighted by molar-refractivity contribution is 8.14. The van der Waals surface area contributed by atoms with E-state index in [0.29, 0.717) is 12.5 Å². The lowest BCUT2D eigenvalue weighted by atomic mass is 9.53. The molecule has 1 atom stereocenters. The van der Waals surface area contributed by atoms with Gasteiger partial charge in [-0.1, -0.05) is 29.5 Å². The van der Waals surface area contributed by atoms with Crippen molar-refractivity contribution in [1.29, 1.82) is 0 Å². The number of nitrogens with zero attached hydrogens (tertiary/aromatic N) is 2. The molecule has 1 saturated heterocycles. The number of amides is 1. The van der Waals surface area contributed by atoms with Crippen LogP contribution in [-0.2, 0) is 4.79 Å². The zero-order valence-electron chi connectivity index (χ0n) is 19.0. The monoisotopic (exact) mass is 461 g/mol. The molecule has 0 radical (unpaired) electrons. The number of thioether (sulfide) groups is 1. The van der Waals surface area contributed by atoms with E-state index in [4.69, 9.17) is 4.99 Å². The van der Waals surface area contributed by atoms with Crippen LogP contribution >= 0.6 is 24.2 Å². The highest BCUT2D eigenvalue weighted by Gasteiger charge is 2.51. The summed E-state index contributed by atoms with van der Waals surface area (Å²) in [5.41, 5.74) is 2.29. The third-order valence-corrected chi connectivity index (χ3v) is 8.78. The highest BCUT2D eigenvalue weighted by Crippen LogP contribution is 2.57. The number of aliphatic imine (C=N–C) groups is 1. The predicted molar refractivity (Wildman–Crippen MR) is 133 cm³/mol. The Morgan fingerprint density at radius 3 is 2.26 bits per heavy atom. The summed E-state index contributed by atoms with van der Waals surface area (Å²) < 4.78 is 0. The maximum Gasteiger partial charge on any atom is 0.226 e.